The van der Waals surface area contributed by atoms with Crippen molar-refractivity contribution in [3.8, 4) is 0 Å². The molecule has 0 aliphatic carbocycles. The summed E-state index contributed by atoms with van der Waals surface area (Å²) in [4.78, 5) is 12.0. The van der Waals surface area contributed by atoms with Gasteiger partial charge in [-0.1, -0.05) is 43.5 Å². The summed E-state index contributed by atoms with van der Waals surface area (Å²) in [5.41, 5.74) is 0.707. The van der Waals surface area contributed by atoms with E-state index < -0.39 is 16.1 Å². The Hall–Kier alpha value is -1.11. The number of amides is 1. The van der Waals surface area contributed by atoms with Crippen LogP contribution in [0.25, 0.3) is 0 Å². The molecular formula is C15H23ClN2O3S. The highest BCUT2D eigenvalue weighted by Crippen LogP contribution is 2.20. The maximum atomic E-state index is 12.0. The molecule has 1 aromatic carbocycles. The second kappa shape index (κ2) is 9.12. The third kappa shape index (κ3) is 7.77. The second-order valence-electron chi connectivity index (χ2n) is 5.26. The zero-order valence-corrected chi connectivity index (χ0v) is 14.5. The van der Waals surface area contributed by atoms with Crippen molar-refractivity contribution >= 4 is 27.5 Å². The van der Waals surface area contributed by atoms with Crippen molar-refractivity contribution in [2.45, 2.75) is 38.6 Å². The summed E-state index contributed by atoms with van der Waals surface area (Å²) < 4.78 is 25.5. The average molecular weight is 347 g/mol. The van der Waals surface area contributed by atoms with Gasteiger partial charge in [-0.3, -0.25) is 4.79 Å². The lowest BCUT2D eigenvalue weighted by molar-refractivity contribution is -0.121. The van der Waals surface area contributed by atoms with Crippen LogP contribution in [-0.4, -0.2) is 27.1 Å². The molecule has 0 bridgehead atoms. The van der Waals surface area contributed by atoms with Gasteiger partial charge in [-0.2, -0.15) is 0 Å². The predicted octanol–water partition coefficient (Wildman–Crippen LogP) is 2.63. The Morgan fingerprint density at radius 1 is 1.23 bits per heavy atom. The summed E-state index contributed by atoms with van der Waals surface area (Å²) in [7, 11) is -3.42. The zero-order chi connectivity index (χ0) is 16.6. The SMILES string of the molecule is CCCCCNC(=O)C[C@H](NS(C)(=O)=O)c1ccc(Cl)cc1. The first-order valence-electron chi connectivity index (χ1n) is 7.31. The third-order valence-electron chi connectivity index (χ3n) is 3.12. The highest BCUT2D eigenvalue weighted by atomic mass is 35.5. The molecule has 5 nitrogen and oxygen atoms in total. The number of hydrogen-bond donors (Lipinski definition) is 2. The molecule has 7 heteroatoms. The van der Waals surface area contributed by atoms with Crippen molar-refractivity contribution < 1.29 is 13.2 Å². The molecule has 1 atom stereocenters. The molecule has 0 unspecified atom stereocenters. The lowest BCUT2D eigenvalue weighted by Gasteiger charge is -2.18. The van der Waals surface area contributed by atoms with Gasteiger partial charge in [0.25, 0.3) is 0 Å². The highest BCUT2D eigenvalue weighted by Gasteiger charge is 2.19. The number of nitrogens with one attached hydrogen (secondary N) is 2. The maximum absolute atomic E-state index is 12.0. The van der Waals surface area contributed by atoms with Gasteiger partial charge in [0.05, 0.1) is 12.3 Å². The second-order valence-corrected chi connectivity index (χ2v) is 7.47. The molecule has 0 saturated heterocycles. The molecule has 124 valence electrons. The van der Waals surface area contributed by atoms with Crippen molar-refractivity contribution in [2.24, 2.45) is 0 Å². The van der Waals surface area contributed by atoms with E-state index >= 15 is 0 Å². The number of halogens is 1. The monoisotopic (exact) mass is 346 g/mol. The Morgan fingerprint density at radius 3 is 2.41 bits per heavy atom. The summed E-state index contributed by atoms with van der Waals surface area (Å²) in [5, 5.41) is 3.38. The molecule has 0 spiro atoms. The van der Waals surface area contributed by atoms with Crippen LogP contribution in [0, 0.1) is 0 Å². The normalized spacial score (nSPS) is 12.9. The maximum Gasteiger partial charge on any atom is 0.221 e. The minimum Gasteiger partial charge on any atom is -0.356 e. The first-order valence-corrected chi connectivity index (χ1v) is 9.58. The highest BCUT2D eigenvalue weighted by molar-refractivity contribution is 7.88. The van der Waals surface area contributed by atoms with Gasteiger partial charge in [0.1, 0.15) is 0 Å². The number of rotatable bonds is 9. The Balaban J connectivity index is 2.70. The van der Waals surface area contributed by atoms with Crippen LogP contribution in [0.4, 0.5) is 0 Å². The van der Waals surface area contributed by atoms with Crippen LogP contribution in [0.15, 0.2) is 24.3 Å². The molecule has 22 heavy (non-hydrogen) atoms. The summed E-state index contributed by atoms with van der Waals surface area (Å²) >= 11 is 5.84. The lowest BCUT2D eigenvalue weighted by Crippen LogP contribution is -2.33. The minimum absolute atomic E-state index is 0.0564. The standard InChI is InChI=1S/C15H23ClN2O3S/c1-3-4-5-10-17-15(19)11-14(18-22(2,20)21)12-6-8-13(16)9-7-12/h6-9,14,18H,3-5,10-11H2,1-2H3,(H,17,19)/t14-/m0/s1. The minimum atomic E-state index is -3.42. The van der Waals surface area contributed by atoms with Gasteiger partial charge in [0.15, 0.2) is 0 Å². The van der Waals surface area contributed by atoms with Gasteiger partial charge in [0, 0.05) is 18.0 Å². The first-order chi connectivity index (χ1) is 10.3. The van der Waals surface area contributed by atoms with Crippen LogP contribution in [-0.2, 0) is 14.8 Å². The molecule has 0 aliphatic rings. The van der Waals surface area contributed by atoms with Crippen molar-refractivity contribution in [3.05, 3.63) is 34.9 Å². The van der Waals surface area contributed by atoms with Crippen LogP contribution >= 0.6 is 11.6 Å². The van der Waals surface area contributed by atoms with Crippen LogP contribution < -0.4 is 10.0 Å². The van der Waals surface area contributed by atoms with Crippen molar-refractivity contribution in [3.63, 3.8) is 0 Å². The number of sulfonamides is 1. The average Bonchev–Trinajstić information content (AvgIpc) is 2.42. The summed E-state index contributed by atoms with van der Waals surface area (Å²) in [6, 6.07) is 6.18. The number of carbonyl (C=O) groups is 1. The van der Waals surface area contributed by atoms with E-state index in [-0.39, 0.29) is 12.3 Å². The van der Waals surface area contributed by atoms with E-state index in [1.165, 1.54) is 0 Å². The lowest BCUT2D eigenvalue weighted by atomic mass is 10.0. The zero-order valence-electron chi connectivity index (χ0n) is 12.9. The molecule has 0 fully saturated rings. The van der Waals surface area contributed by atoms with Crippen molar-refractivity contribution in [1.29, 1.82) is 0 Å². The molecule has 1 rings (SSSR count). The molecule has 1 amide bonds. The molecule has 0 aliphatic heterocycles. The molecule has 0 aromatic heterocycles. The number of unbranched alkanes of at least 4 members (excludes halogenated alkanes) is 2. The summed E-state index contributed by atoms with van der Waals surface area (Å²) in [6.45, 7) is 2.70. The summed E-state index contributed by atoms with van der Waals surface area (Å²) in [5.74, 6) is -0.174. The smallest absolute Gasteiger partial charge is 0.221 e. The Kier molecular flexibility index (Phi) is 7.85. The molecule has 1 aromatic rings. The predicted molar refractivity (Wildman–Crippen MR) is 89.3 cm³/mol. The molecule has 0 radical (unpaired) electrons. The van der Waals surface area contributed by atoms with E-state index in [0.717, 1.165) is 25.5 Å². The van der Waals surface area contributed by atoms with Crippen LogP contribution in [0.5, 0.6) is 0 Å². The van der Waals surface area contributed by atoms with Crippen LogP contribution in [0.2, 0.25) is 5.02 Å². The largest absolute Gasteiger partial charge is 0.356 e. The molecule has 0 saturated carbocycles. The van der Waals surface area contributed by atoms with E-state index in [4.69, 9.17) is 11.6 Å². The Bertz CT molecular complexity index is 573. The number of carbonyl (C=O) groups excluding carboxylic acids is 1. The quantitative estimate of drug-likeness (QED) is 0.675. The van der Waals surface area contributed by atoms with Gasteiger partial charge >= 0.3 is 0 Å². The van der Waals surface area contributed by atoms with E-state index in [1.54, 1.807) is 24.3 Å². The van der Waals surface area contributed by atoms with E-state index in [0.29, 0.717) is 17.1 Å². The number of benzene rings is 1. The van der Waals surface area contributed by atoms with Gasteiger partial charge in [-0.15, -0.1) is 0 Å². The van der Waals surface area contributed by atoms with Crippen LogP contribution in [0.3, 0.4) is 0 Å². The molecule has 0 heterocycles. The van der Waals surface area contributed by atoms with Gasteiger partial charge in [-0.05, 0) is 24.1 Å². The molecular weight excluding hydrogens is 324 g/mol. The van der Waals surface area contributed by atoms with Crippen molar-refractivity contribution in [2.75, 3.05) is 12.8 Å². The van der Waals surface area contributed by atoms with E-state index in [9.17, 15) is 13.2 Å². The fourth-order valence-corrected chi connectivity index (χ4v) is 2.90. The van der Waals surface area contributed by atoms with Crippen molar-refractivity contribution in [1.82, 2.24) is 10.0 Å². The van der Waals surface area contributed by atoms with Gasteiger partial charge in [-0.25, -0.2) is 13.1 Å². The van der Waals surface area contributed by atoms with E-state index in [1.807, 2.05) is 0 Å². The Labute approximate surface area is 137 Å². The van der Waals surface area contributed by atoms with E-state index in [2.05, 4.69) is 17.0 Å². The number of hydrogen-bond acceptors (Lipinski definition) is 3. The first kappa shape index (κ1) is 18.9. The fourth-order valence-electron chi connectivity index (χ4n) is 2.04. The molecule has 2 N–H and O–H groups in total. The Morgan fingerprint density at radius 2 is 1.86 bits per heavy atom. The fraction of sp³-hybridized carbons (Fsp3) is 0.533. The third-order valence-corrected chi connectivity index (χ3v) is 4.09. The topological polar surface area (TPSA) is 75.3 Å². The summed E-state index contributed by atoms with van der Waals surface area (Å²) in [6.07, 6.45) is 4.20. The van der Waals surface area contributed by atoms with Gasteiger partial charge < -0.3 is 5.32 Å². The van der Waals surface area contributed by atoms with Crippen LogP contribution in [0.1, 0.15) is 44.2 Å². The van der Waals surface area contributed by atoms with Gasteiger partial charge in [0.2, 0.25) is 15.9 Å².